The van der Waals surface area contributed by atoms with Crippen LogP contribution in [0.25, 0.3) is 0 Å². The van der Waals surface area contributed by atoms with Gasteiger partial charge >= 0.3 is 7.12 Å². The Labute approximate surface area is 143 Å². The molecular formula is C18H27BFNO3. The number of aliphatic hydroxyl groups excluding tert-OH is 1. The topological polar surface area (TPSA) is 75.7 Å². The molecule has 0 spiro atoms. The molecule has 24 heavy (non-hydrogen) atoms. The van der Waals surface area contributed by atoms with Crippen LogP contribution in [0.2, 0.25) is 0 Å². The molecule has 3 fully saturated rings. The van der Waals surface area contributed by atoms with E-state index in [0.29, 0.717) is 18.8 Å². The highest BCUT2D eigenvalue weighted by Gasteiger charge is 2.64. The Bertz CT molecular complexity index is 596. The Morgan fingerprint density at radius 1 is 1.29 bits per heavy atom. The first-order valence-corrected chi connectivity index (χ1v) is 8.68. The lowest BCUT2D eigenvalue weighted by Crippen LogP contribution is -2.69. The molecule has 4 N–H and O–H groups in total. The van der Waals surface area contributed by atoms with Crippen molar-refractivity contribution in [3.63, 3.8) is 0 Å². The van der Waals surface area contributed by atoms with Gasteiger partial charge in [-0.25, -0.2) is 4.39 Å². The largest absolute Gasteiger partial charge is 0.472 e. The van der Waals surface area contributed by atoms with Crippen molar-refractivity contribution in [3.8, 4) is 0 Å². The van der Waals surface area contributed by atoms with Gasteiger partial charge in [-0.05, 0) is 61.1 Å². The van der Waals surface area contributed by atoms with Crippen LogP contribution in [0.1, 0.15) is 39.2 Å². The van der Waals surface area contributed by atoms with E-state index in [9.17, 15) is 14.5 Å². The SMILES string of the molecule is CC1(C)[C@@H]2C[C@H]1[C@@](C)(OB(O)[C@H](N)Cc1ccc(F)cc1)[C@@H](O)C2. The fourth-order valence-electron chi connectivity index (χ4n) is 4.63. The summed E-state index contributed by atoms with van der Waals surface area (Å²) in [6.07, 6.45) is 1.49. The number of nitrogens with two attached hydrogens (primary N) is 1. The summed E-state index contributed by atoms with van der Waals surface area (Å²) in [5.74, 6) is -0.227. The van der Waals surface area contributed by atoms with Gasteiger partial charge in [-0.15, -0.1) is 0 Å². The molecule has 3 aliphatic rings. The molecule has 5 atom stereocenters. The van der Waals surface area contributed by atoms with Crippen molar-refractivity contribution < 1.29 is 19.2 Å². The van der Waals surface area contributed by atoms with Crippen LogP contribution in [-0.4, -0.2) is 34.9 Å². The maximum absolute atomic E-state index is 13.0. The second-order valence-electron chi connectivity index (χ2n) is 8.24. The fourth-order valence-corrected chi connectivity index (χ4v) is 4.63. The van der Waals surface area contributed by atoms with Crippen LogP contribution in [0.4, 0.5) is 4.39 Å². The van der Waals surface area contributed by atoms with Gasteiger partial charge in [0.1, 0.15) is 5.82 Å². The molecular weight excluding hydrogens is 308 g/mol. The van der Waals surface area contributed by atoms with E-state index in [1.54, 1.807) is 12.1 Å². The molecule has 4 nitrogen and oxygen atoms in total. The van der Waals surface area contributed by atoms with Crippen LogP contribution >= 0.6 is 0 Å². The quantitative estimate of drug-likeness (QED) is 0.719. The van der Waals surface area contributed by atoms with Gasteiger partial charge in [0.15, 0.2) is 0 Å². The predicted octanol–water partition coefficient (Wildman–Crippen LogP) is 1.92. The Morgan fingerprint density at radius 2 is 1.92 bits per heavy atom. The van der Waals surface area contributed by atoms with Crippen LogP contribution in [0.15, 0.2) is 24.3 Å². The highest BCUT2D eigenvalue weighted by molar-refractivity contribution is 6.45. The lowest BCUT2D eigenvalue weighted by Gasteiger charge is -2.66. The molecule has 0 heterocycles. The third-order valence-corrected chi connectivity index (χ3v) is 6.46. The standard InChI is InChI=1S/C18H27BFNO3/c1-17(2)12-9-14(17)18(3,15(22)10-12)24-19(23)16(21)8-11-4-6-13(20)7-5-11/h4-7,12,14-16,22-23H,8-10,21H2,1-3H3/t12-,14-,15+,16-,18-/m1/s1. The van der Waals surface area contributed by atoms with Gasteiger partial charge in [0.2, 0.25) is 0 Å². The maximum Gasteiger partial charge on any atom is 0.472 e. The van der Waals surface area contributed by atoms with Gasteiger partial charge in [-0.3, -0.25) is 0 Å². The van der Waals surface area contributed by atoms with E-state index in [0.717, 1.165) is 12.0 Å². The zero-order valence-electron chi connectivity index (χ0n) is 14.6. The second-order valence-corrected chi connectivity index (χ2v) is 8.24. The number of halogens is 1. The summed E-state index contributed by atoms with van der Waals surface area (Å²) in [6, 6.07) is 6.05. The van der Waals surface area contributed by atoms with Gasteiger partial charge < -0.3 is 20.5 Å². The van der Waals surface area contributed by atoms with Crippen LogP contribution < -0.4 is 5.73 Å². The molecule has 132 valence electrons. The molecule has 1 aromatic rings. The summed E-state index contributed by atoms with van der Waals surface area (Å²) in [6.45, 7) is 6.28. The highest BCUT2D eigenvalue weighted by Crippen LogP contribution is 2.63. The summed E-state index contributed by atoms with van der Waals surface area (Å²) in [4.78, 5) is 0. The third-order valence-electron chi connectivity index (χ3n) is 6.46. The summed E-state index contributed by atoms with van der Waals surface area (Å²) >= 11 is 0. The Hall–Kier alpha value is -0.945. The van der Waals surface area contributed by atoms with Gasteiger partial charge in [0.25, 0.3) is 0 Å². The number of fused-ring (bicyclic) bond motifs is 2. The average molecular weight is 335 g/mol. The molecule has 0 saturated heterocycles. The third kappa shape index (κ3) is 2.90. The van der Waals surface area contributed by atoms with E-state index in [1.807, 2.05) is 6.92 Å². The number of rotatable bonds is 5. The van der Waals surface area contributed by atoms with Gasteiger partial charge in [-0.1, -0.05) is 26.0 Å². The lowest BCUT2D eigenvalue weighted by atomic mass is 9.43. The zero-order valence-corrected chi connectivity index (χ0v) is 14.6. The van der Waals surface area contributed by atoms with E-state index in [-0.39, 0.29) is 17.2 Å². The first kappa shape index (κ1) is 17.9. The Morgan fingerprint density at radius 3 is 2.50 bits per heavy atom. The number of hydrogen-bond donors (Lipinski definition) is 3. The minimum absolute atomic E-state index is 0.106. The molecule has 0 unspecified atom stereocenters. The zero-order chi connectivity index (χ0) is 17.7. The highest BCUT2D eigenvalue weighted by atomic mass is 19.1. The van der Waals surface area contributed by atoms with E-state index < -0.39 is 24.8 Å². The normalized spacial score (nSPS) is 35.2. The van der Waals surface area contributed by atoms with Crippen molar-refractivity contribution in [1.82, 2.24) is 0 Å². The number of hydrogen-bond acceptors (Lipinski definition) is 4. The van der Waals surface area contributed by atoms with Gasteiger partial charge in [0.05, 0.1) is 11.7 Å². The molecule has 0 aromatic heterocycles. The molecule has 0 radical (unpaired) electrons. The summed E-state index contributed by atoms with van der Waals surface area (Å²) in [7, 11) is -1.18. The average Bonchev–Trinajstić information content (AvgIpc) is 2.51. The van der Waals surface area contributed by atoms with Crippen molar-refractivity contribution in [3.05, 3.63) is 35.6 Å². The first-order valence-electron chi connectivity index (χ1n) is 8.68. The van der Waals surface area contributed by atoms with Gasteiger partial charge in [-0.2, -0.15) is 0 Å². The summed E-state index contributed by atoms with van der Waals surface area (Å²) in [5, 5.41) is 20.9. The van der Waals surface area contributed by atoms with Crippen LogP contribution in [0.5, 0.6) is 0 Å². The van der Waals surface area contributed by atoms with Crippen molar-refractivity contribution >= 4 is 7.12 Å². The van der Waals surface area contributed by atoms with E-state index in [2.05, 4.69) is 13.8 Å². The molecule has 3 saturated carbocycles. The molecule has 1 aromatic carbocycles. The Balaban J connectivity index is 1.66. The van der Waals surface area contributed by atoms with Crippen molar-refractivity contribution in [2.45, 2.75) is 57.7 Å². The smallest absolute Gasteiger partial charge is 0.426 e. The summed E-state index contributed by atoms with van der Waals surface area (Å²) in [5.41, 5.74) is 6.23. The maximum atomic E-state index is 13.0. The molecule has 0 amide bonds. The van der Waals surface area contributed by atoms with Crippen LogP contribution in [0.3, 0.4) is 0 Å². The van der Waals surface area contributed by atoms with Crippen molar-refractivity contribution in [2.75, 3.05) is 0 Å². The van der Waals surface area contributed by atoms with Crippen LogP contribution in [0, 0.1) is 23.1 Å². The predicted molar refractivity (Wildman–Crippen MR) is 91.5 cm³/mol. The second kappa shape index (κ2) is 6.09. The fraction of sp³-hybridized carbons (Fsp3) is 0.667. The van der Waals surface area contributed by atoms with Crippen molar-refractivity contribution in [2.24, 2.45) is 23.0 Å². The molecule has 2 bridgehead atoms. The number of benzene rings is 1. The minimum atomic E-state index is -1.18. The first-order chi connectivity index (χ1) is 11.1. The monoisotopic (exact) mass is 335 g/mol. The lowest BCUT2D eigenvalue weighted by molar-refractivity contribution is -0.239. The van der Waals surface area contributed by atoms with Gasteiger partial charge in [0, 0.05) is 5.94 Å². The van der Waals surface area contributed by atoms with Crippen molar-refractivity contribution in [1.29, 1.82) is 0 Å². The summed E-state index contributed by atoms with van der Waals surface area (Å²) < 4.78 is 18.9. The molecule has 4 rings (SSSR count). The number of aliphatic hydroxyl groups is 1. The van der Waals surface area contributed by atoms with E-state index in [4.69, 9.17) is 10.4 Å². The van der Waals surface area contributed by atoms with E-state index in [1.165, 1.54) is 12.1 Å². The molecule has 0 aliphatic heterocycles. The molecule has 3 aliphatic carbocycles. The van der Waals surface area contributed by atoms with E-state index >= 15 is 0 Å². The van der Waals surface area contributed by atoms with Crippen LogP contribution in [-0.2, 0) is 11.1 Å². The Kier molecular flexibility index (Phi) is 4.54. The molecule has 6 heteroatoms. The minimum Gasteiger partial charge on any atom is -0.426 e.